The molecule has 112 valence electrons. The predicted molar refractivity (Wildman–Crippen MR) is 82.2 cm³/mol. The zero-order valence-electron chi connectivity index (χ0n) is 12.6. The molecule has 0 atom stereocenters. The molecule has 5 heteroatoms. The lowest BCUT2D eigenvalue weighted by molar-refractivity contribution is 0.134. The lowest BCUT2D eigenvalue weighted by atomic mass is 10.1. The van der Waals surface area contributed by atoms with Crippen molar-refractivity contribution in [2.24, 2.45) is 5.92 Å². The van der Waals surface area contributed by atoms with Crippen LogP contribution in [0.4, 0.5) is 11.6 Å². The quantitative estimate of drug-likeness (QED) is 0.644. The highest BCUT2D eigenvalue weighted by Crippen LogP contribution is 2.28. The summed E-state index contributed by atoms with van der Waals surface area (Å²) in [5.74, 6) is 2.71. The van der Waals surface area contributed by atoms with Gasteiger partial charge in [-0.1, -0.05) is 13.3 Å². The van der Waals surface area contributed by atoms with Gasteiger partial charge in [0.2, 0.25) is 0 Å². The fraction of sp³-hybridized carbons (Fsp3) is 0.733. The minimum atomic E-state index is 0.739. The van der Waals surface area contributed by atoms with Crippen LogP contribution in [0.1, 0.15) is 38.7 Å². The summed E-state index contributed by atoms with van der Waals surface area (Å²) in [7, 11) is 0. The fourth-order valence-electron chi connectivity index (χ4n) is 2.15. The molecule has 2 rings (SSSR count). The molecule has 0 aliphatic heterocycles. The van der Waals surface area contributed by atoms with E-state index in [0.29, 0.717) is 0 Å². The van der Waals surface area contributed by atoms with E-state index in [2.05, 4.69) is 34.4 Å². The third-order valence-corrected chi connectivity index (χ3v) is 3.38. The Kier molecular flexibility index (Phi) is 6.05. The van der Waals surface area contributed by atoms with Gasteiger partial charge in [0.15, 0.2) is 0 Å². The van der Waals surface area contributed by atoms with Gasteiger partial charge in [0, 0.05) is 25.3 Å². The SMILES string of the molecule is CCCc1c(NCC)ncnc1NCCOCC1CC1. The summed E-state index contributed by atoms with van der Waals surface area (Å²) in [6, 6.07) is 0. The summed E-state index contributed by atoms with van der Waals surface area (Å²) in [6.45, 7) is 7.57. The van der Waals surface area contributed by atoms with Crippen LogP contribution < -0.4 is 10.6 Å². The summed E-state index contributed by atoms with van der Waals surface area (Å²) >= 11 is 0. The van der Waals surface area contributed by atoms with Crippen LogP contribution in [-0.4, -0.2) is 36.3 Å². The number of nitrogens with zero attached hydrogens (tertiary/aromatic N) is 2. The summed E-state index contributed by atoms with van der Waals surface area (Å²) < 4.78 is 5.64. The molecule has 1 saturated carbocycles. The van der Waals surface area contributed by atoms with Crippen LogP contribution in [0.2, 0.25) is 0 Å². The Morgan fingerprint density at radius 3 is 2.60 bits per heavy atom. The summed E-state index contributed by atoms with van der Waals surface area (Å²) in [4.78, 5) is 8.70. The molecule has 0 amide bonds. The number of ether oxygens (including phenoxy) is 1. The highest BCUT2D eigenvalue weighted by molar-refractivity contribution is 5.57. The molecule has 0 unspecified atom stereocenters. The molecule has 2 N–H and O–H groups in total. The Labute approximate surface area is 121 Å². The lowest BCUT2D eigenvalue weighted by Crippen LogP contribution is -2.14. The van der Waals surface area contributed by atoms with Gasteiger partial charge >= 0.3 is 0 Å². The highest BCUT2D eigenvalue weighted by atomic mass is 16.5. The Morgan fingerprint density at radius 1 is 1.20 bits per heavy atom. The molecule has 0 radical (unpaired) electrons. The van der Waals surface area contributed by atoms with E-state index >= 15 is 0 Å². The van der Waals surface area contributed by atoms with Gasteiger partial charge in [0.05, 0.1) is 6.61 Å². The Morgan fingerprint density at radius 2 is 1.95 bits per heavy atom. The maximum atomic E-state index is 5.64. The van der Waals surface area contributed by atoms with E-state index in [0.717, 1.165) is 56.7 Å². The maximum Gasteiger partial charge on any atom is 0.134 e. The lowest BCUT2D eigenvalue weighted by Gasteiger charge is -2.14. The third-order valence-electron chi connectivity index (χ3n) is 3.38. The summed E-state index contributed by atoms with van der Waals surface area (Å²) in [6.07, 6.45) is 6.36. The van der Waals surface area contributed by atoms with Crippen molar-refractivity contribution >= 4 is 11.6 Å². The Hall–Kier alpha value is -1.36. The van der Waals surface area contributed by atoms with E-state index in [1.54, 1.807) is 6.33 Å². The van der Waals surface area contributed by atoms with Crippen molar-refractivity contribution in [3.05, 3.63) is 11.9 Å². The van der Waals surface area contributed by atoms with Gasteiger partial charge in [-0.15, -0.1) is 0 Å². The van der Waals surface area contributed by atoms with Gasteiger partial charge in [-0.2, -0.15) is 0 Å². The smallest absolute Gasteiger partial charge is 0.134 e. The van der Waals surface area contributed by atoms with Crippen molar-refractivity contribution in [3.63, 3.8) is 0 Å². The molecule has 5 nitrogen and oxygen atoms in total. The summed E-state index contributed by atoms with van der Waals surface area (Å²) in [5.41, 5.74) is 1.18. The van der Waals surface area contributed by atoms with Crippen molar-refractivity contribution in [2.75, 3.05) is 36.9 Å². The molecule has 0 saturated heterocycles. The van der Waals surface area contributed by atoms with Crippen LogP contribution in [0.25, 0.3) is 0 Å². The minimum absolute atomic E-state index is 0.739. The second kappa shape index (κ2) is 8.04. The fourth-order valence-corrected chi connectivity index (χ4v) is 2.15. The largest absolute Gasteiger partial charge is 0.379 e. The normalized spacial score (nSPS) is 14.3. The zero-order valence-corrected chi connectivity index (χ0v) is 12.6. The third kappa shape index (κ3) is 4.63. The number of hydrogen-bond donors (Lipinski definition) is 2. The van der Waals surface area contributed by atoms with Crippen molar-refractivity contribution < 1.29 is 4.74 Å². The van der Waals surface area contributed by atoms with Gasteiger partial charge in [-0.3, -0.25) is 0 Å². The number of hydrogen-bond acceptors (Lipinski definition) is 5. The van der Waals surface area contributed by atoms with Gasteiger partial charge in [-0.05, 0) is 32.1 Å². The average molecular weight is 278 g/mol. The average Bonchev–Trinajstić information content (AvgIpc) is 3.26. The first-order chi connectivity index (χ1) is 9.85. The first-order valence-electron chi connectivity index (χ1n) is 7.74. The molecule has 1 aliphatic carbocycles. The molecule has 1 aromatic rings. The Balaban J connectivity index is 1.85. The maximum absolute atomic E-state index is 5.64. The molecule has 0 spiro atoms. The molecule has 1 fully saturated rings. The zero-order chi connectivity index (χ0) is 14.2. The van der Waals surface area contributed by atoms with Crippen molar-refractivity contribution in [2.45, 2.75) is 39.5 Å². The first-order valence-corrected chi connectivity index (χ1v) is 7.74. The van der Waals surface area contributed by atoms with Crippen LogP contribution in [0.15, 0.2) is 6.33 Å². The minimum Gasteiger partial charge on any atom is -0.379 e. The predicted octanol–water partition coefficient (Wildman–Crippen LogP) is 2.70. The highest BCUT2D eigenvalue weighted by Gasteiger charge is 2.20. The van der Waals surface area contributed by atoms with Crippen LogP contribution in [0.3, 0.4) is 0 Å². The van der Waals surface area contributed by atoms with Gasteiger partial charge < -0.3 is 15.4 Å². The van der Waals surface area contributed by atoms with E-state index < -0.39 is 0 Å². The van der Waals surface area contributed by atoms with E-state index in [1.165, 1.54) is 18.4 Å². The number of nitrogens with one attached hydrogen (secondary N) is 2. The van der Waals surface area contributed by atoms with Gasteiger partial charge in [-0.25, -0.2) is 9.97 Å². The number of aromatic nitrogens is 2. The molecule has 1 heterocycles. The van der Waals surface area contributed by atoms with Crippen molar-refractivity contribution in [3.8, 4) is 0 Å². The molecule has 20 heavy (non-hydrogen) atoms. The Bertz CT molecular complexity index is 407. The summed E-state index contributed by atoms with van der Waals surface area (Å²) in [5, 5.41) is 6.68. The first kappa shape index (κ1) is 15.0. The van der Waals surface area contributed by atoms with E-state index in [4.69, 9.17) is 4.74 Å². The number of anilines is 2. The molecule has 0 aromatic carbocycles. The van der Waals surface area contributed by atoms with E-state index in [1.807, 2.05) is 0 Å². The van der Waals surface area contributed by atoms with Crippen LogP contribution >= 0.6 is 0 Å². The second-order valence-corrected chi connectivity index (χ2v) is 5.27. The number of rotatable bonds is 10. The van der Waals surface area contributed by atoms with Crippen LogP contribution in [0, 0.1) is 5.92 Å². The molecular weight excluding hydrogens is 252 g/mol. The van der Waals surface area contributed by atoms with E-state index in [-0.39, 0.29) is 0 Å². The van der Waals surface area contributed by atoms with Crippen LogP contribution in [-0.2, 0) is 11.2 Å². The van der Waals surface area contributed by atoms with Crippen molar-refractivity contribution in [1.29, 1.82) is 0 Å². The van der Waals surface area contributed by atoms with Gasteiger partial charge in [0.25, 0.3) is 0 Å². The molecule has 1 aliphatic rings. The van der Waals surface area contributed by atoms with E-state index in [9.17, 15) is 0 Å². The molecular formula is C15H26N4O. The standard InChI is InChI=1S/C15H26N4O/c1-3-5-13-14(16-4-2)18-11-19-15(13)17-8-9-20-10-12-6-7-12/h11-12H,3-10H2,1-2H3,(H2,16,17,18,19). The molecule has 0 bridgehead atoms. The van der Waals surface area contributed by atoms with Gasteiger partial charge in [0.1, 0.15) is 18.0 Å². The second-order valence-electron chi connectivity index (χ2n) is 5.27. The van der Waals surface area contributed by atoms with Crippen molar-refractivity contribution in [1.82, 2.24) is 9.97 Å². The topological polar surface area (TPSA) is 59.1 Å². The van der Waals surface area contributed by atoms with Crippen LogP contribution in [0.5, 0.6) is 0 Å². The monoisotopic (exact) mass is 278 g/mol. The molecule has 1 aromatic heterocycles.